The summed E-state index contributed by atoms with van der Waals surface area (Å²) in [5.41, 5.74) is 6.63. The summed E-state index contributed by atoms with van der Waals surface area (Å²) in [5.74, 6) is 0.782. The lowest BCUT2D eigenvalue weighted by Crippen LogP contribution is -2.42. The second-order valence-corrected chi connectivity index (χ2v) is 4.86. The first-order chi connectivity index (χ1) is 8.15. The number of nitrogens with zero attached hydrogens (tertiary/aromatic N) is 1. The van der Waals surface area contributed by atoms with Gasteiger partial charge in [-0.3, -0.25) is 9.78 Å². The van der Waals surface area contributed by atoms with Gasteiger partial charge in [0.05, 0.1) is 17.8 Å². The van der Waals surface area contributed by atoms with Gasteiger partial charge in [0.25, 0.3) is 0 Å². The van der Waals surface area contributed by atoms with Crippen LogP contribution in [0.5, 0.6) is 0 Å². The molecule has 1 amide bonds. The van der Waals surface area contributed by atoms with Crippen LogP contribution in [0.1, 0.15) is 25.1 Å². The summed E-state index contributed by atoms with van der Waals surface area (Å²) in [4.78, 5) is 16.0. The molecular formula is C12H19N3OS. The molecular weight excluding hydrogens is 234 g/mol. The molecule has 2 atom stereocenters. The summed E-state index contributed by atoms with van der Waals surface area (Å²) in [6.45, 7) is 1.90. The van der Waals surface area contributed by atoms with Crippen LogP contribution in [0.15, 0.2) is 24.4 Å². The van der Waals surface area contributed by atoms with Crippen molar-refractivity contribution >= 4 is 17.7 Å². The third-order valence-corrected chi connectivity index (χ3v) is 3.10. The Balaban J connectivity index is 2.46. The average molecular weight is 253 g/mol. The fourth-order valence-electron chi connectivity index (χ4n) is 1.40. The third kappa shape index (κ3) is 4.75. The Morgan fingerprint density at radius 3 is 2.94 bits per heavy atom. The van der Waals surface area contributed by atoms with Crippen molar-refractivity contribution in [2.24, 2.45) is 5.73 Å². The van der Waals surface area contributed by atoms with E-state index < -0.39 is 6.04 Å². The van der Waals surface area contributed by atoms with Crippen LogP contribution < -0.4 is 11.1 Å². The Labute approximate surface area is 106 Å². The standard InChI is InChI=1S/C12H19N3OS/c1-9(11-5-3-4-7-14-11)15-12(16)10(13)6-8-17-2/h3-5,7,9-10H,6,8,13H2,1-2H3,(H,15,16)/t9-,10+/m1/s1. The van der Waals surface area contributed by atoms with E-state index in [0.717, 1.165) is 11.4 Å². The lowest BCUT2D eigenvalue weighted by atomic mass is 10.1. The van der Waals surface area contributed by atoms with E-state index in [-0.39, 0.29) is 11.9 Å². The minimum absolute atomic E-state index is 0.107. The Bertz CT molecular complexity index is 345. The number of thioether (sulfide) groups is 1. The summed E-state index contributed by atoms with van der Waals surface area (Å²) < 4.78 is 0. The number of rotatable bonds is 6. The molecule has 0 radical (unpaired) electrons. The number of nitrogens with one attached hydrogen (secondary N) is 1. The average Bonchev–Trinajstić information content (AvgIpc) is 2.36. The largest absolute Gasteiger partial charge is 0.347 e. The molecule has 0 bridgehead atoms. The first-order valence-electron chi connectivity index (χ1n) is 5.61. The van der Waals surface area contributed by atoms with Crippen LogP contribution in [0.2, 0.25) is 0 Å². The highest BCUT2D eigenvalue weighted by Crippen LogP contribution is 2.08. The zero-order valence-electron chi connectivity index (χ0n) is 10.2. The first-order valence-corrected chi connectivity index (χ1v) is 7.00. The molecule has 0 aliphatic carbocycles. The molecule has 1 heterocycles. The minimum Gasteiger partial charge on any atom is -0.347 e. The predicted octanol–water partition coefficient (Wildman–Crippen LogP) is 1.34. The quantitative estimate of drug-likeness (QED) is 0.803. The van der Waals surface area contributed by atoms with Crippen LogP contribution in [-0.2, 0) is 4.79 Å². The summed E-state index contributed by atoms with van der Waals surface area (Å²) in [6, 6.07) is 5.09. The molecule has 0 spiro atoms. The van der Waals surface area contributed by atoms with Crippen LogP contribution in [0.3, 0.4) is 0 Å². The first kappa shape index (κ1) is 14.0. The molecule has 0 unspecified atom stereocenters. The molecule has 17 heavy (non-hydrogen) atoms. The van der Waals surface area contributed by atoms with Crippen molar-refractivity contribution in [3.8, 4) is 0 Å². The lowest BCUT2D eigenvalue weighted by Gasteiger charge is -2.16. The second-order valence-electron chi connectivity index (χ2n) is 3.87. The minimum atomic E-state index is -0.436. The number of hydrogen-bond acceptors (Lipinski definition) is 4. The maximum atomic E-state index is 11.8. The summed E-state index contributed by atoms with van der Waals surface area (Å²) in [6.07, 6.45) is 4.41. The van der Waals surface area contributed by atoms with Crippen LogP contribution in [0, 0.1) is 0 Å². The van der Waals surface area contributed by atoms with Gasteiger partial charge in [-0.05, 0) is 37.5 Å². The molecule has 3 N–H and O–H groups in total. The van der Waals surface area contributed by atoms with Crippen LogP contribution in [-0.4, -0.2) is 28.9 Å². The molecule has 4 nitrogen and oxygen atoms in total. The number of nitrogens with two attached hydrogens (primary N) is 1. The van der Waals surface area contributed by atoms with Crippen LogP contribution in [0.4, 0.5) is 0 Å². The van der Waals surface area contributed by atoms with E-state index in [9.17, 15) is 4.79 Å². The molecule has 1 aromatic heterocycles. The van der Waals surface area contributed by atoms with Crippen molar-refractivity contribution < 1.29 is 4.79 Å². The highest BCUT2D eigenvalue weighted by Gasteiger charge is 2.16. The molecule has 0 saturated carbocycles. The second kappa shape index (κ2) is 7.29. The Morgan fingerprint density at radius 2 is 2.35 bits per heavy atom. The Morgan fingerprint density at radius 1 is 1.59 bits per heavy atom. The molecule has 1 aromatic rings. The van der Waals surface area contributed by atoms with Gasteiger partial charge in [-0.15, -0.1) is 0 Å². The number of pyridine rings is 1. The topological polar surface area (TPSA) is 68.0 Å². The van der Waals surface area contributed by atoms with Gasteiger partial charge in [0, 0.05) is 6.20 Å². The van der Waals surface area contributed by atoms with Gasteiger partial charge in [0.15, 0.2) is 0 Å². The monoisotopic (exact) mass is 253 g/mol. The zero-order chi connectivity index (χ0) is 12.7. The number of hydrogen-bond donors (Lipinski definition) is 2. The maximum absolute atomic E-state index is 11.8. The number of carbonyl (C=O) groups excluding carboxylic acids is 1. The fourth-order valence-corrected chi connectivity index (χ4v) is 1.89. The number of aromatic nitrogens is 1. The molecule has 0 fully saturated rings. The van der Waals surface area contributed by atoms with Crippen molar-refractivity contribution in [3.63, 3.8) is 0 Å². The van der Waals surface area contributed by atoms with E-state index in [1.807, 2.05) is 31.4 Å². The van der Waals surface area contributed by atoms with E-state index in [1.165, 1.54) is 0 Å². The van der Waals surface area contributed by atoms with Gasteiger partial charge in [-0.25, -0.2) is 0 Å². The summed E-state index contributed by atoms with van der Waals surface area (Å²) in [5, 5.41) is 2.87. The van der Waals surface area contributed by atoms with Gasteiger partial charge < -0.3 is 11.1 Å². The van der Waals surface area contributed by atoms with Gasteiger partial charge in [0.2, 0.25) is 5.91 Å². The molecule has 1 rings (SSSR count). The van der Waals surface area contributed by atoms with Crippen molar-refractivity contribution in [1.29, 1.82) is 0 Å². The van der Waals surface area contributed by atoms with E-state index in [1.54, 1.807) is 18.0 Å². The summed E-state index contributed by atoms with van der Waals surface area (Å²) >= 11 is 1.69. The maximum Gasteiger partial charge on any atom is 0.237 e. The van der Waals surface area contributed by atoms with Crippen molar-refractivity contribution in [1.82, 2.24) is 10.3 Å². The van der Waals surface area contributed by atoms with Crippen LogP contribution in [0.25, 0.3) is 0 Å². The summed E-state index contributed by atoms with van der Waals surface area (Å²) in [7, 11) is 0. The Hall–Kier alpha value is -1.07. The molecule has 0 aromatic carbocycles. The lowest BCUT2D eigenvalue weighted by molar-refractivity contribution is -0.123. The smallest absolute Gasteiger partial charge is 0.237 e. The van der Waals surface area contributed by atoms with Crippen molar-refractivity contribution in [2.75, 3.05) is 12.0 Å². The molecule has 5 heteroatoms. The van der Waals surface area contributed by atoms with Gasteiger partial charge in [-0.2, -0.15) is 11.8 Å². The third-order valence-electron chi connectivity index (χ3n) is 2.46. The zero-order valence-corrected chi connectivity index (χ0v) is 11.0. The number of carbonyl (C=O) groups is 1. The highest BCUT2D eigenvalue weighted by atomic mass is 32.2. The van der Waals surface area contributed by atoms with Gasteiger partial charge >= 0.3 is 0 Å². The normalized spacial score (nSPS) is 14.1. The van der Waals surface area contributed by atoms with Crippen molar-refractivity contribution in [2.45, 2.75) is 25.4 Å². The molecule has 0 aliphatic rings. The SMILES string of the molecule is CSCC[C@H](N)C(=O)N[C@H](C)c1ccccn1. The van der Waals surface area contributed by atoms with E-state index >= 15 is 0 Å². The van der Waals surface area contributed by atoms with Crippen molar-refractivity contribution in [3.05, 3.63) is 30.1 Å². The van der Waals surface area contributed by atoms with Gasteiger partial charge in [-0.1, -0.05) is 6.07 Å². The predicted molar refractivity (Wildman–Crippen MR) is 71.8 cm³/mol. The molecule has 94 valence electrons. The number of amides is 1. The Kier molecular flexibility index (Phi) is 6.00. The van der Waals surface area contributed by atoms with E-state index in [2.05, 4.69) is 10.3 Å². The van der Waals surface area contributed by atoms with Crippen LogP contribution >= 0.6 is 11.8 Å². The highest BCUT2D eigenvalue weighted by molar-refractivity contribution is 7.98. The molecule has 0 aliphatic heterocycles. The fraction of sp³-hybridized carbons (Fsp3) is 0.500. The van der Waals surface area contributed by atoms with Gasteiger partial charge in [0.1, 0.15) is 0 Å². The molecule has 0 saturated heterocycles. The van der Waals surface area contributed by atoms with E-state index in [0.29, 0.717) is 6.42 Å². The van der Waals surface area contributed by atoms with E-state index in [4.69, 9.17) is 5.73 Å².